The Morgan fingerprint density at radius 1 is 1.18 bits per heavy atom. The van der Waals surface area contributed by atoms with Crippen molar-refractivity contribution in [2.24, 2.45) is 0 Å². The van der Waals surface area contributed by atoms with E-state index in [1.165, 1.54) is 0 Å². The standard InChI is InChI=1S/C15H16N6O/c1-2-12(8-16-5-1)22-11-3-6-21(7-4-11)15-13-14(18-9-17-13)19-10-20-15/h1-2,5,8-11H,3-4,6-7H2,(H,17,18,19,20). The molecule has 3 aromatic rings. The van der Waals surface area contributed by atoms with Crippen LogP contribution in [0, 0.1) is 0 Å². The molecule has 0 radical (unpaired) electrons. The van der Waals surface area contributed by atoms with Crippen LogP contribution in [0.15, 0.2) is 37.2 Å². The van der Waals surface area contributed by atoms with Crippen LogP contribution in [-0.4, -0.2) is 44.1 Å². The Morgan fingerprint density at radius 2 is 2.09 bits per heavy atom. The first-order chi connectivity index (χ1) is 10.9. The zero-order chi connectivity index (χ0) is 14.8. The summed E-state index contributed by atoms with van der Waals surface area (Å²) in [5.41, 5.74) is 1.60. The SMILES string of the molecule is c1cncc(OC2CCN(c3ncnc4nc[nH]c34)CC2)c1. The number of imidazole rings is 1. The minimum atomic E-state index is 0.222. The summed E-state index contributed by atoms with van der Waals surface area (Å²) in [5.74, 6) is 1.75. The fourth-order valence-corrected chi connectivity index (χ4v) is 2.79. The van der Waals surface area contributed by atoms with Crippen molar-refractivity contribution >= 4 is 17.0 Å². The van der Waals surface area contributed by atoms with E-state index in [9.17, 15) is 0 Å². The quantitative estimate of drug-likeness (QED) is 0.794. The van der Waals surface area contributed by atoms with Gasteiger partial charge in [-0.3, -0.25) is 4.98 Å². The van der Waals surface area contributed by atoms with Crippen LogP contribution in [0.5, 0.6) is 5.75 Å². The highest BCUT2D eigenvalue weighted by atomic mass is 16.5. The average Bonchev–Trinajstić information content (AvgIpc) is 3.05. The van der Waals surface area contributed by atoms with Crippen LogP contribution in [-0.2, 0) is 0 Å². The van der Waals surface area contributed by atoms with E-state index in [1.54, 1.807) is 25.0 Å². The Bertz CT molecular complexity index is 751. The van der Waals surface area contributed by atoms with Crippen molar-refractivity contribution in [1.29, 1.82) is 0 Å². The summed E-state index contributed by atoms with van der Waals surface area (Å²) < 4.78 is 5.97. The Labute approximate surface area is 127 Å². The minimum Gasteiger partial charge on any atom is -0.489 e. The topological polar surface area (TPSA) is 79.8 Å². The molecule has 1 fully saturated rings. The molecule has 0 unspecified atom stereocenters. The largest absolute Gasteiger partial charge is 0.489 e. The van der Waals surface area contributed by atoms with Crippen LogP contribution in [0.25, 0.3) is 11.2 Å². The number of anilines is 1. The van der Waals surface area contributed by atoms with Gasteiger partial charge in [0.15, 0.2) is 11.5 Å². The summed E-state index contributed by atoms with van der Waals surface area (Å²) in [6.07, 6.45) is 8.85. The van der Waals surface area contributed by atoms with Gasteiger partial charge in [-0.1, -0.05) is 0 Å². The number of hydrogen-bond donors (Lipinski definition) is 1. The fourth-order valence-electron chi connectivity index (χ4n) is 2.79. The molecule has 1 aliphatic heterocycles. The molecular weight excluding hydrogens is 280 g/mol. The van der Waals surface area contributed by atoms with Gasteiger partial charge in [-0.15, -0.1) is 0 Å². The Morgan fingerprint density at radius 3 is 2.91 bits per heavy atom. The molecule has 0 amide bonds. The molecular formula is C15H16N6O. The summed E-state index contributed by atoms with van der Waals surface area (Å²) >= 11 is 0. The lowest BCUT2D eigenvalue weighted by molar-refractivity contribution is 0.170. The second kappa shape index (κ2) is 5.59. The highest BCUT2D eigenvalue weighted by molar-refractivity contribution is 5.82. The molecule has 0 atom stereocenters. The zero-order valence-electron chi connectivity index (χ0n) is 12.0. The van der Waals surface area contributed by atoms with Crippen molar-refractivity contribution in [2.75, 3.05) is 18.0 Å². The number of fused-ring (bicyclic) bond motifs is 1. The fraction of sp³-hybridized carbons (Fsp3) is 0.333. The van der Waals surface area contributed by atoms with E-state index >= 15 is 0 Å². The summed E-state index contributed by atoms with van der Waals surface area (Å²) in [6.45, 7) is 1.80. The van der Waals surface area contributed by atoms with Gasteiger partial charge >= 0.3 is 0 Å². The van der Waals surface area contributed by atoms with Crippen molar-refractivity contribution in [3.8, 4) is 5.75 Å². The predicted molar refractivity (Wildman–Crippen MR) is 81.8 cm³/mol. The van der Waals surface area contributed by atoms with Gasteiger partial charge < -0.3 is 14.6 Å². The molecule has 3 aromatic heterocycles. The molecule has 4 heterocycles. The number of pyridine rings is 1. The summed E-state index contributed by atoms with van der Waals surface area (Å²) in [4.78, 5) is 22.2. The molecule has 0 saturated carbocycles. The maximum Gasteiger partial charge on any atom is 0.182 e. The molecule has 1 N–H and O–H groups in total. The van der Waals surface area contributed by atoms with Gasteiger partial charge in [-0.25, -0.2) is 15.0 Å². The summed E-state index contributed by atoms with van der Waals surface area (Å²) in [5, 5.41) is 0. The number of nitrogens with one attached hydrogen (secondary N) is 1. The molecule has 4 rings (SSSR count). The van der Waals surface area contributed by atoms with Crippen molar-refractivity contribution in [3.05, 3.63) is 37.2 Å². The van der Waals surface area contributed by atoms with Crippen molar-refractivity contribution in [3.63, 3.8) is 0 Å². The van der Waals surface area contributed by atoms with E-state index in [0.717, 1.165) is 43.0 Å². The van der Waals surface area contributed by atoms with Crippen LogP contribution in [0.1, 0.15) is 12.8 Å². The van der Waals surface area contributed by atoms with Gasteiger partial charge in [0.1, 0.15) is 23.7 Å². The monoisotopic (exact) mass is 296 g/mol. The Hall–Kier alpha value is -2.70. The number of rotatable bonds is 3. The maximum absolute atomic E-state index is 5.97. The smallest absolute Gasteiger partial charge is 0.182 e. The van der Waals surface area contributed by atoms with E-state index in [4.69, 9.17) is 4.74 Å². The predicted octanol–water partition coefficient (Wildman–Crippen LogP) is 1.80. The first kappa shape index (κ1) is 13.0. The van der Waals surface area contributed by atoms with Gasteiger partial charge in [0, 0.05) is 32.1 Å². The third-order valence-electron chi connectivity index (χ3n) is 3.88. The van der Waals surface area contributed by atoms with Crippen molar-refractivity contribution in [1.82, 2.24) is 24.9 Å². The first-order valence-electron chi connectivity index (χ1n) is 7.36. The highest BCUT2D eigenvalue weighted by Crippen LogP contribution is 2.25. The highest BCUT2D eigenvalue weighted by Gasteiger charge is 2.23. The molecule has 1 saturated heterocycles. The van der Waals surface area contributed by atoms with E-state index in [0.29, 0.717) is 5.65 Å². The number of aromatic nitrogens is 5. The zero-order valence-corrected chi connectivity index (χ0v) is 12.0. The number of ether oxygens (including phenoxy) is 1. The van der Waals surface area contributed by atoms with Crippen LogP contribution in [0.4, 0.5) is 5.82 Å². The molecule has 22 heavy (non-hydrogen) atoms. The molecule has 0 aromatic carbocycles. The molecule has 112 valence electrons. The van der Waals surface area contributed by atoms with E-state index in [1.807, 2.05) is 12.1 Å². The third kappa shape index (κ3) is 2.45. The van der Waals surface area contributed by atoms with Gasteiger partial charge in [-0.2, -0.15) is 0 Å². The van der Waals surface area contributed by atoms with Gasteiger partial charge in [-0.05, 0) is 12.1 Å². The number of aromatic amines is 1. The molecule has 0 spiro atoms. The molecule has 7 nitrogen and oxygen atoms in total. The van der Waals surface area contributed by atoms with E-state index in [-0.39, 0.29) is 6.10 Å². The van der Waals surface area contributed by atoms with Crippen LogP contribution < -0.4 is 9.64 Å². The number of hydrogen-bond acceptors (Lipinski definition) is 6. The second-order valence-corrected chi connectivity index (χ2v) is 5.29. The van der Waals surface area contributed by atoms with Crippen LogP contribution in [0.3, 0.4) is 0 Å². The number of nitrogens with zero attached hydrogens (tertiary/aromatic N) is 5. The minimum absolute atomic E-state index is 0.222. The first-order valence-corrected chi connectivity index (χ1v) is 7.36. The molecule has 0 aliphatic carbocycles. The second-order valence-electron chi connectivity index (χ2n) is 5.29. The molecule has 7 heteroatoms. The van der Waals surface area contributed by atoms with E-state index in [2.05, 4.69) is 29.8 Å². The van der Waals surface area contributed by atoms with Crippen molar-refractivity contribution in [2.45, 2.75) is 18.9 Å². The normalized spacial score (nSPS) is 16.1. The van der Waals surface area contributed by atoms with E-state index < -0.39 is 0 Å². The average molecular weight is 296 g/mol. The number of H-pyrrole nitrogens is 1. The Balaban J connectivity index is 1.45. The van der Waals surface area contributed by atoms with Crippen molar-refractivity contribution < 1.29 is 4.74 Å². The van der Waals surface area contributed by atoms with Crippen LogP contribution >= 0.6 is 0 Å². The van der Waals surface area contributed by atoms with Gasteiger partial charge in [0.2, 0.25) is 0 Å². The Kier molecular flexibility index (Phi) is 3.30. The van der Waals surface area contributed by atoms with Crippen LogP contribution in [0.2, 0.25) is 0 Å². The number of piperidine rings is 1. The van der Waals surface area contributed by atoms with Gasteiger partial charge in [0.05, 0.1) is 12.5 Å². The maximum atomic E-state index is 5.97. The lowest BCUT2D eigenvalue weighted by Crippen LogP contribution is -2.38. The van der Waals surface area contributed by atoms with Gasteiger partial charge in [0.25, 0.3) is 0 Å². The lowest BCUT2D eigenvalue weighted by Gasteiger charge is -2.32. The summed E-state index contributed by atoms with van der Waals surface area (Å²) in [6, 6.07) is 3.83. The third-order valence-corrected chi connectivity index (χ3v) is 3.88. The lowest BCUT2D eigenvalue weighted by atomic mass is 10.1. The molecule has 0 bridgehead atoms. The summed E-state index contributed by atoms with van der Waals surface area (Å²) in [7, 11) is 0. The molecule has 1 aliphatic rings.